The molecule has 0 unspecified atom stereocenters. The largest absolute Gasteiger partial charge is 0.467 e. The van der Waals surface area contributed by atoms with Gasteiger partial charge >= 0.3 is 5.97 Å². The molecule has 0 aromatic rings. The van der Waals surface area contributed by atoms with Crippen molar-refractivity contribution >= 4 is 23.6 Å². The standard InChI is InChI=1S/C14H20N2O5/c1-21-14(20)12(8-3-2-4-9(17)7-8)16-13(19)10-5-6-11(18)15-10/h8,10,12H,2-7H2,1H3,(H,15,18)(H,16,19)/t8-,10+,12-/m1/s1. The number of methoxy groups -OCH3 is 1. The van der Waals surface area contributed by atoms with Gasteiger partial charge in [0.05, 0.1) is 7.11 Å². The van der Waals surface area contributed by atoms with E-state index in [1.54, 1.807) is 0 Å². The van der Waals surface area contributed by atoms with Crippen molar-refractivity contribution < 1.29 is 23.9 Å². The van der Waals surface area contributed by atoms with Crippen molar-refractivity contribution in [1.29, 1.82) is 0 Å². The molecule has 2 N–H and O–H groups in total. The summed E-state index contributed by atoms with van der Waals surface area (Å²) in [5.74, 6) is -1.25. The van der Waals surface area contributed by atoms with Crippen LogP contribution in [0, 0.1) is 5.92 Å². The fourth-order valence-corrected chi connectivity index (χ4v) is 2.90. The summed E-state index contributed by atoms with van der Waals surface area (Å²) in [6.07, 6.45) is 2.94. The Hall–Kier alpha value is -1.92. The monoisotopic (exact) mass is 296 g/mol. The molecule has 1 saturated heterocycles. The van der Waals surface area contributed by atoms with Crippen molar-refractivity contribution in [2.24, 2.45) is 5.92 Å². The van der Waals surface area contributed by atoms with E-state index >= 15 is 0 Å². The first-order valence-corrected chi connectivity index (χ1v) is 7.20. The third-order valence-electron chi connectivity index (χ3n) is 4.06. The van der Waals surface area contributed by atoms with Crippen LogP contribution in [0.3, 0.4) is 0 Å². The van der Waals surface area contributed by atoms with E-state index in [2.05, 4.69) is 10.6 Å². The molecule has 0 spiro atoms. The lowest BCUT2D eigenvalue weighted by Gasteiger charge is -2.29. The Bertz CT molecular complexity index is 462. The summed E-state index contributed by atoms with van der Waals surface area (Å²) in [6, 6.07) is -1.44. The van der Waals surface area contributed by atoms with E-state index in [1.165, 1.54) is 7.11 Å². The normalized spacial score (nSPS) is 26.9. The molecule has 0 aromatic heterocycles. The number of hydrogen-bond donors (Lipinski definition) is 2. The number of esters is 1. The Kier molecular flexibility index (Phi) is 4.93. The number of amides is 2. The molecule has 1 aliphatic carbocycles. The molecule has 1 saturated carbocycles. The summed E-state index contributed by atoms with van der Waals surface area (Å²) < 4.78 is 4.73. The molecule has 7 nitrogen and oxygen atoms in total. The Morgan fingerprint density at radius 1 is 1.29 bits per heavy atom. The first kappa shape index (κ1) is 15.5. The van der Waals surface area contributed by atoms with Crippen LogP contribution in [0.25, 0.3) is 0 Å². The third kappa shape index (κ3) is 3.80. The number of ether oxygens (including phenoxy) is 1. The molecule has 0 aromatic carbocycles. The molecule has 3 atom stereocenters. The molecule has 1 heterocycles. The van der Waals surface area contributed by atoms with Crippen molar-refractivity contribution in [3.05, 3.63) is 0 Å². The molecule has 2 rings (SSSR count). The number of Topliss-reactive ketones (excluding diaryl/α,β-unsaturated/α-hetero) is 1. The molecule has 0 bridgehead atoms. The molecule has 1 aliphatic heterocycles. The molecular weight excluding hydrogens is 276 g/mol. The van der Waals surface area contributed by atoms with E-state index in [0.717, 1.165) is 0 Å². The van der Waals surface area contributed by atoms with E-state index in [9.17, 15) is 19.2 Å². The van der Waals surface area contributed by atoms with Gasteiger partial charge in [-0.2, -0.15) is 0 Å². The number of hydrogen-bond acceptors (Lipinski definition) is 5. The number of nitrogens with one attached hydrogen (secondary N) is 2. The van der Waals surface area contributed by atoms with E-state index in [-0.39, 0.29) is 24.0 Å². The highest BCUT2D eigenvalue weighted by molar-refractivity contribution is 5.93. The summed E-state index contributed by atoms with van der Waals surface area (Å²) in [4.78, 5) is 46.7. The third-order valence-corrected chi connectivity index (χ3v) is 4.06. The summed E-state index contributed by atoms with van der Waals surface area (Å²) in [5, 5.41) is 5.20. The highest BCUT2D eigenvalue weighted by Crippen LogP contribution is 2.25. The predicted molar refractivity (Wildman–Crippen MR) is 72.1 cm³/mol. The maximum absolute atomic E-state index is 12.1. The Labute approximate surface area is 122 Å². The van der Waals surface area contributed by atoms with E-state index in [1.807, 2.05) is 0 Å². The van der Waals surface area contributed by atoms with Crippen molar-refractivity contribution in [3.63, 3.8) is 0 Å². The molecule has 21 heavy (non-hydrogen) atoms. The lowest BCUT2D eigenvalue weighted by molar-refractivity contribution is -0.147. The molecule has 116 valence electrons. The summed E-state index contributed by atoms with van der Waals surface area (Å²) in [5.41, 5.74) is 0. The minimum atomic E-state index is -0.829. The van der Waals surface area contributed by atoms with Gasteiger partial charge in [0.1, 0.15) is 17.9 Å². The highest BCUT2D eigenvalue weighted by atomic mass is 16.5. The van der Waals surface area contributed by atoms with Crippen LogP contribution in [0.15, 0.2) is 0 Å². The topological polar surface area (TPSA) is 102 Å². The van der Waals surface area contributed by atoms with Gasteiger partial charge in [-0.05, 0) is 25.2 Å². The summed E-state index contributed by atoms with van der Waals surface area (Å²) >= 11 is 0. The van der Waals surface area contributed by atoms with E-state index in [4.69, 9.17) is 4.74 Å². The van der Waals surface area contributed by atoms with Crippen molar-refractivity contribution in [2.75, 3.05) is 7.11 Å². The Balaban J connectivity index is 2.02. The maximum atomic E-state index is 12.1. The lowest BCUT2D eigenvalue weighted by Crippen LogP contribution is -2.52. The minimum Gasteiger partial charge on any atom is -0.467 e. The smallest absolute Gasteiger partial charge is 0.328 e. The van der Waals surface area contributed by atoms with Crippen LogP contribution in [-0.2, 0) is 23.9 Å². The van der Waals surface area contributed by atoms with Gasteiger partial charge in [-0.3, -0.25) is 14.4 Å². The van der Waals surface area contributed by atoms with Crippen LogP contribution in [0.5, 0.6) is 0 Å². The first-order valence-electron chi connectivity index (χ1n) is 7.20. The van der Waals surface area contributed by atoms with Crippen LogP contribution >= 0.6 is 0 Å². The predicted octanol–water partition coefficient (Wildman–Crippen LogP) is -0.318. The second-order valence-electron chi connectivity index (χ2n) is 5.56. The number of carbonyl (C=O) groups is 4. The van der Waals surface area contributed by atoms with Gasteiger partial charge in [-0.1, -0.05) is 0 Å². The number of carbonyl (C=O) groups excluding carboxylic acids is 4. The average molecular weight is 296 g/mol. The molecule has 2 amide bonds. The van der Waals surface area contributed by atoms with Crippen molar-refractivity contribution in [3.8, 4) is 0 Å². The van der Waals surface area contributed by atoms with Gasteiger partial charge in [0.15, 0.2) is 0 Å². The number of rotatable bonds is 4. The summed E-state index contributed by atoms with van der Waals surface area (Å²) in [6.45, 7) is 0. The van der Waals surface area contributed by atoms with Crippen LogP contribution in [0.1, 0.15) is 38.5 Å². The summed E-state index contributed by atoms with van der Waals surface area (Å²) in [7, 11) is 1.25. The average Bonchev–Trinajstić information content (AvgIpc) is 2.90. The molecular formula is C14H20N2O5. The van der Waals surface area contributed by atoms with Crippen LogP contribution in [0.4, 0.5) is 0 Å². The zero-order valence-corrected chi connectivity index (χ0v) is 12.0. The highest BCUT2D eigenvalue weighted by Gasteiger charge is 2.36. The fraction of sp³-hybridized carbons (Fsp3) is 0.714. The molecule has 7 heteroatoms. The van der Waals surface area contributed by atoms with E-state index < -0.39 is 24.0 Å². The van der Waals surface area contributed by atoms with Gasteiger partial charge in [0.2, 0.25) is 11.8 Å². The number of ketones is 1. The second kappa shape index (κ2) is 6.69. The lowest BCUT2D eigenvalue weighted by atomic mass is 9.83. The molecule has 0 radical (unpaired) electrons. The quantitative estimate of drug-likeness (QED) is 0.692. The van der Waals surface area contributed by atoms with Gasteiger partial charge in [0, 0.05) is 19.3 Å². The maximum Gasteiger partial charge on any atom is 0.328 e. The van der Waals surface area contributed by atoms with Crippen LogP contribution < -0.4 is 10.6 Å². The zero-order valence-electron chi connectivity index (χ0n) is 12.0. The van der Waals surface area contributed by atoms with Crippen molar-refractivity contribution in [2.45, 2.75) is 50.6 Å². The van der Waals surface area contributed by atoms with Gasteiger partial charge < -0.3 is 15.4 Å². The zero-order chi connectivity index (χ0) is 15.4. The fourth-order valence-electron chi connectivity index (χ4n) is 2.90. The Morgan fingerprint density at radius 2 is 2.05 bits per heavy atom. The van der Waals surface area contributed by atoms with Gasteiger partial charge in [-0.25, -0.2) is 4.79 Å². The Morgan fingerprint density at radius 3 is 2.62 bits per heavy atom. The van der Waals surface area contributed by atoms with Crippen molar-refractivity contribution in [1.82, 2.24) is 10.6 Å². The SMILES string of the molecule is COC(=O)[C@H](NC(=O)[C@@H]1CCC(=O)N1)[C@@H]1CCCC(=O)C1. The van der Waals surface area contributed by atoms with Gasteiger partial charge in [-0.15, -0.1) is 0 Å². The van der Waals surface area contributed by atoms with Crippen LogP contribution in [0.2, 0.25) is 0 Å². The van der Waals surface area contributed by atoms with E-state index in [0.29, 0.717) is 32.1 Å². The molecule has 2 aliphatic rings. The van der Waals surface area contributed by atoms with Crippen LogP contribution in [-0.4, -0.2) is 42.8 Å². The first-order chi connectivity index (χ1) is 10.0. The van der Waals surface area contributed by atoms with Gasteiger partial charge in [0.25, 0.3) is 0 Å². The second-order valence-corrected chi connectivity index (χ2v) is 5.56. The molecule has 2 fully saturated rings. The minimum absolute atomic E-state index is 0.101.